The minimum atomic E-state index is -0.509. The summed E-state index contributed by atoms with van der Waals surface area (Å²) in [5, 5.41) is 31.7. The molecule has 0 spiro atoms. The lowest BCUT2D eigenvalue weighted by Gasteiger charge is -2.10. The van der Waals surface area contributed by atoms with E-state index >= 15 is 0 Å². The first kappa shape index (κ1) is 16.4. The van der Waals surface area contributed by atoms with Crippen LogP contribution in [0.25, 0.3) is 0 Å². The highest BCUT2D eigenvalue weighted by molar-refractivity contribution is 9.10. The SMILES string of the molecule is Cc1c(Br)c(O)c(C=NN=C2NC(=O)CS2)c(C)c1[N+](=O)[O-]. The summed E-state index contributed by atoms with van der Waals surface area (Å²) in [6, 6.07) is 0. The molecule has 1 aromatic rings. The highest BCUT2D eigenvalue weighted by Crippen LogP contribution is 2.39. The third kappa shape index (κ3) is 3.12. The van der Waals surface area contributed by atoms with Crippen LogP contribution >= 0.6 is 27.7 Å². The Balaban J connectivity index is 2.43. The van der Waals surface area contributed by atoms with Crippen molar-refractivity contribution >= 4 is 50.7 Å². The van der Waals surface area contributed by atoms with Gasteiger partial charge in [-0.25, -0.2) is 0 Å². The van der Waals surface area contributed by atoms with Gasteiger partial charge >= 0.3 is 0 Å². The smallest absolute Gasteiger partial charge is 0.277 e. The summed E-state index contributed by atoms with van der Waals surface area (Å²) in [5.74, 6) is -0.0282. The summed E-state index contributed by atoms with van der Waals surface area (Å²) in [4.78, 5) is 21.7. The summed E-state index contributed by atoms with van der Waals surface area (Å²) in [5.41, 5.74) is 0.725. The highest BCUT2D eigenvalue weighted by Gasteiger charge is 2.24. The van der Waals surface area contributed by atoms with Crippen LogP contribution in [-0.2, 0) is 4.79 Å². The topological polar surface area (TPSA) is 117 Å². The predicted molar refractivity (Wildman–Crippen MR) is 87.6 cm³/mol. The lowest BCUT2D eigenvalue weighted by molar-refractivity contribution is -0.386. The number of halogens is 1. The van der Waals surface area contributed by atoms with Crippen molar-refractivity contribution in [3.05, 3.63) is 31.3 Å². The van der Waals surface area contributed by atoms with E-state index < -0.39 is 4.92 Å². The average molecular weight is 387 g/mol. The molecule has 1 saturated heterocycles. The van der Waals surface area contributed by atoms with Gasteiger partial charge in [-0.15, -0.1) is 5.10 Å². The highest BCUT2D eigenvalue weighted by atomic mass is 79.9. The van der Waals surface area contributed by atoms with Gasteiger partial charge in [0.2, 0.25) is 5.91 Å². The number of nitro groups is 1. The van der Waals surface area contributed by atoms with Gasteiger partial charge in [-0.05, 0) is 29.8 Å². The van der Waals surface area contributed by atoms with Crippen molar-refractivity contribution < 1.29 is 14.8 Å². The fraction of sp³-hybridized carbons (Fsp3) is 0.250. The summed E-state index contributed by atoms with van der Waals surface area (Å²) in [7, 11) is 0. The van der Waals surface area contributed by atoms with Crippen molar-refractivity contribution in [1.82, 2.24) is 5.32 Å². The number of rotatable bonds is 3. The van der Waals surface area contributed by atoms with Gasteiger partial charge in [-0.2, -0.15) is 5.10 Å². The van der Waals surface area contributed by atoms with Crippen LogP contribution in [0.3, 0.4) is 0 Å². The second-order valence-corrected chi connectivity index (χ2v) is 6.18. The number of nitrogens with one attached hydrogen (secondary N) is 1. The first-order valence-electron chi connectivity index (χ1n) is 6.02. The van der Waals surface area contributed by atoms with Gasteiger partial charge in [-0.1, -0.05) is 11.8 Å². The number of benzene rings is 1. The van der Waals surface area contributed by atoms with Crippen LogP contribution in [0.4, 0.5) is 5.69 Å². The molecule has 0 aliphatic carbocycles. The van der Waals surface area contributed by atoms with Crippen LogP contribution in [0.15, 0.2) is 14.7 Å². The van der Waals surface area contributed by atoms with Crippen molar-refractivity contribution in [2.24, 2.45) is 10.2 Å². The molecule has 2 N–H and O–H groups in total. The zero-order valence-electron chi connectivity index (χ0n) is 11.6. The maximum atomic E-state index is 11.2. The molecule has 1 amide bonds. The summed E-state index contributed by atoms with van der Waals surface area (Å²) < 4.78 is 0.238. The number of aromatic hydroxyl groups is 1. The van der Waals surface area contributed by atoms with Gasteiger partial charge in [0, 0.05) is 16.7 Å². The maximum Gasteiger partial charge on any atom is 0.277 e. The molecule has 0 unspecified atom stereocenters. The molecule has 0 radical (unpaired) electrons. The van der Waals surface area contributed by atoms with E-state index in [-0.39, 0.29) is 38.7 Å². The number of nitro benzene ring substituents is 1. The third-order valence-corrected chi connectivity index (χ3v) is 4.84. The van der Waals surface area contributed by atoms with E-state index in [2.05, 4.69) is 31.4 Å². The van der Waals surface area contributed by atoms with Gasteiger partial charge in [0.15, 0.2) is 5.17 Å². The molecule has 0 bridgehead atoms. The van der Waals surface area contributed by atoms with E-state index in [1.807, 2.05) is 0 Å². The van der Waals surface area contributed by atoms with Gasteiger partial charge in [-0.3, -0.25) is 14.9 Å². The zero-order chi connectivity index (χ0) is 16.4. The second-order valence-electron chi connectivity index (χ2n) is 4.42. The number of phenols is 1. The second kappa shape index (κ2) is 6.44. The largest absolute Gasteiger partial charge is 0.506 e. The normalized spacial score (nSPS) is 16.5. The third-order valence-electron chi connectivity index (χ3n) is 3.01. The van der Waals surface area contributed by atoms with Gasteiger partial charge in [0.25, 0.3) is 5.69 Å². The molecule has 10 heteroatoms. The molecule has 1 aromatic carbocycles. The minimum absolute atomic E-state index is 0.0951. The van der Waals surface area contributed by atoms with Gasteiger partial charge in [0.1, 0.15) is 5.75 Å². The molecular formula is C12H11BrN4O4S. The van der Waals surface area contributed by atoms with E-state index in [1.54, 1.807) is 6.92 Å². The summed E-state index contributed by atoms with van der Waals surface area (Å²) >= 11 is 4.34. The molecule has 116 valence electrons. The Morgan fingerprint density at radius 1 is 1.45 bits per heavy atom. The van der Waals surface area contributed by atoms with Crippen LogP contribution in [0.1, 0.15) is 16.7 Å². The Hall–Kier alpha value is -1.94. The fourth-order valence-corrected chi connectivity index (χ4v) is 2.97. The van der Waals surface area contributed by atoms with E-state index in [0.29, 0.717) is 10.7 Å². The molecule has 2 rings (SSSR count). The molecule has 1 heterocycles. The number of hydrogen-bond donors (Lipinski definition) is 2. The van der Waals surface area contributed by atoms with Crippen molar-refractivity contribution in [2.45, 2.75) is 13.8 Å². The molecule has 22 heavy (non-hydrogen) atoms. The Morgan fingerprint density at radius 2 is 2.14 bits per heavy atom. The lowest BCUT2D eigenvalue weighted by atomic mass is 10.0. The van der Waals surface area contributed by atoms with E-state index in [0.717, 1.165) is 0 Å². The fourth-order valence-electron chi connectivity index (χ4n) is 1.94. The number of nitrogens with zero attached hydrogens (tertiary/aromatic N) is 3. The monoisotopic (exact) mass is 386 g/mol. The molecule has 1 aliphatic heterocycles. The van der Waals surface area contributed by atoms with Crippen molar-refractivity contribution in [2.75, 3.05) is 5.75 Å². The van der Waals surface area contributed by atoms with Crippen LogP contribution in [0, 0.1) is 24.0 Å². The Morgan fingerprint density at radius 3 is 2.68 bits per heavy atom. The first-order valence-corrected chi connectivity index (χ1v) is 7.80. The van der Waals surface area contributed by atoms with Gasteiger partial charge in [0.05, 0.1) is 21.4 Å². The molecular weight excluding hydrogens is 376 g/mol. The van der Waals surface area contributed by atoms with Crippen LogP contribution in [-0.4, -0.2) is 33.1 Å². The van der Waals surface area contributed by atoms with E-state index in [1.165, 1.54) is 24.9 Å². The molecule has 1 aliphatic rings. The molecule has 0 atom stereocenters. The van der Waals surface area contributed by atoms with Crippen LogP contribution in [0.5, 0.6) is 5.75 Å². The molecule has 0 saturated carbocycles. The van der Waals surface area contributed by atoms with E-state index in [9.17, 15) is 20.0 Å². The summed E-state index contributed by atoms with van der Waals surface area (Å²) in [6.07, 6.45) is 1.22. The Bertz CT molecular complexity index is 733. The minimum Gasteiger partial charge on any atom is -0.506 e. The summed E-state index contributed by atoms with van der Waals surface area (Å²) in [6.45, 7) is 3.07. The Kier molecular flexibility index (Phi) is 4.81. The van der Waals surface area contributed by atoms with Crippen molar-refractivity contribution in [1.29, 1.82) is 0 Å². The van der Waals surface area contributed by atoms with Crippen LogP contribution in [0.2, 0.25) is 0 Å². The predicted octanol–water partition coefficient (Wildman–Crippen LogP) is 2.23. The standard InChI is InChI=1S/C12H11BrN4O4S/c1-5-7(3-14-16-12-15-8(18)4-22-12)11(19)9(13)6(2)10(5)17(20)21/h3,19H,4H2,1-2H3,(H,15,16,18). The zero-order valence-corrected chi connectivity index (χ0v) is 14.0. The molecule has 1 fully saturated rings. The molecule has 8 nitrogen and oxygen atoms in total. The molecule has 0 aromatic heterocycles. The van der Waals surface area contributed by atoms with E-state index in [4.69, 9.17) is 0 Å². The van der Waals surface area contributed by atoms with Crippen molar-refractivity contribution in [3.8, 4) is 5.75 Å². The van der Waals surface area contributed by atoms with Gasteiger partial charge < -0.3 is 10.4 Å². The number of hydrogen-bond acceptors (Lipinski definition) is 7. The maximum absolute atomic E-state index is 11.2. The lowest BCUT2D eigenvalue weighted by Crippen LogP contribution is -2.19. The van der Waals surface area contributed by atoms with Crippen molar-refractivity contribution in [3.63, 3.8) is 0 Å². The number of carbonyl (C=O) groups excluding carboxylic acids is 1. The number of amides is 1. The number of carbonyl (C=O) groups is 1. The van der Waals surface area contributed by atoms with Crippen LogP contribution < -0.4 is 5.32 Å². The number of phenolic OH excluding ortho intramolecular Hbond substituents is 1. The number of amidine groups is 1. The Labute approximate surface area is 138 Å². The first-order chi connectivity index (χ1) is 10.3. The average Bonchev–Trinajstić information content (AvgIpc) is 2.85. The quantitative estimate of drug-likeness (QED) is 0.469. The number of thioether (sulfide) groups is 1.